The third-order valence-corrected chi connectivity index (χ3v) is 3.42. The first-order chi connectivity index (χ1) is 9.06. The zero-order chi connectivity index (χ0) is 13.6. The minimum absolute atomic E-state index is 0.146. The minimum atomic E-state index is -0.937. The molecule has 0 saturated heterocycles. The van der Waals surface area contributed by atoms with E-state index in [9.17, 15) is 9.82 Å². The van der Waals surface area contributed by atoms with E-state index in [1.165, 1.54) is 6.92 Å². The minimum Gasteiger partial charge on any atom is -0.453 e. The van der Waals surface area contributed by atoms with Crippen LogP contribution < -0.4 is 5.46 Å². The highest BCUT2D eigenvalue weighted by Gasteiger charge is 2.29. The Labute approximate surface area is 115 Å². The second kappa shape index (κ2) is 4.52. The lowest BCUT2D eigenvalue weighted by Gasteiger charge is -2.05. The van der Waals surface area contributed by atoms with E-state index in [0.29, 0.717) is 28.4 Å². The number of benzene rings is 1. The molecule has 1 aliphatic heterocycles. The van der Waals surface area contributed by atoms with Crippen molar-refractivity contribution in [2.75, 3.05) is 0 Å². The molecular formula is C13H10BClO4. The first-order valence-electron chi connectivity index (χ1n) is 5.79. The summed E-state index contributed by atoms with van der Waals surface area (Å²) in [6.45, 7) is 1.78. The number of halogens is 1. The van der Waals surface area contributed by atoms with Crippen molar-refractivity contribution >= 4 is 30.0 Å². The monoisotopic (exact) mass is 276 g/mol. The van der Waals surface area contributed by atoms with Gasteiger partial charge < -0.3 is 14.1 Å². The summed E-state index contributed by atoms with van der Waals surface area (Å²) >= 11 is 6.20. The van der Waals surface area contributed by atoms with Crippen molar-refractivity contribution in [1.29, 1.82) is 0 Å². The Morgan fingerprint density at radius 2 is 2.21 bits per heavy atom. The van der Waals surface area contributed by atoms with E-state index < -0.39 is 7.12 Å². The SMILES string of the molecule is CC(=O)c1ccc(-c2cc3c(cc2Cl)COB3O)o1. The lowest BCUT2D eigenvalue weighted by molar-refractivity contribution is 0.0988. The molecule has 96 valence electrons. The number of fused-ring (bicyclic) bond motifs is 1. The van der Waals surface area contributed by atoms with Crippen LogP contribution in [0.3, 0.4) is 0 Å². The first kappa shape index (κ1) is 12.5. The highest BCUT2D eigenvalue weighted by Crippen LogP contribution is 2.31. The van der Waals surface area contributed by atoms with Gasteiger partial charge in [-0.1, -0.05) is 11.6 Å². The third kappa shape index (κ3) is 2.10. The molecule has 0 spiro atoms. The fourth-order valence-electron chi connectivity index (χ4n) is 2.11. The molecule has 3 rings (SSSR count). The predicted molar refractivity (Wildman–Crippen MR) is 71.6 cm³/mol. The van der Waals surface area contributed by atoms with Gasteiger partial charge in [-0.15, -0.1) is 0 Å². The quantitative estimate of drug-likeness (QED) is 0.673. The van der Waals surface area contributed by atoms with Crippen LogP contribution in [-0.4, -0.2) is 17.9 Å². The molecule has 0 saturated carbocycles. The van der Waals surface area contributed by atoms with Crippen LogP contribution in [0.2, 0.25) is 5.02 Å². The molecule has 1 aromatic heterocycles. The van der Waals surface area contributed by atoms with Crippen molar-refractivity contribution in [3.8, 4) is 11.3 Å². The van der Waals surface area contributed by atoms with Crippen LogP contribution >= 0.6 is 11.6 Å². The molecule has 1 aromatic carbocycles. The van der Waals surface area contributed by atoms with Crippen LogP contribution in [0.1, 0.15) is 23.0 Å². The average Bonchev–Trinajstić information content (AvgIpc) is 2.96. The average molecular weight is 276 g/mol. The van der Waals surface area contributed by atoms with Crippen molar-refractivity contribution in [1.82, 2.24) is 0 Å². The molecule has 0 fully saturated rings. The van der Waals surface area contributed by atoms with Gasteiger partial charge in [-0.05, 0) is 35.3 Å². The summed E-state index contributed by atoms with van der Waals surface area (Å²) in [5, 5.41) is 10.2. The number of furan rings is 1. The number of Topliss-reactive ketones (excluding diaryl/α,β-unsaturated/α-hetero) is 1. The van der Waals surface area contributed by atoms with Gasteiger partial charge in [-0.3, -0.25) is 4.79 Å². The number of ketones is 1. The van der Waals surface area contributed by atoms with Gasteiger partial charge in [0.25, 0.3) is 0 Å². The Morgan fingerprint density at radius 1 is 1.42 bits per heavy atom. The van der Waals surface area contributed by atoms with Gasteiger partial charge >= 0.3 is 7.12 Å². The van der Waals surface area contributed by atoms with Crippen molar-refractivity contribution in [3.63, 3.8) is 0 Å². The van der Waals surface area contributed by atoms with Gasteiger partial charge in [-0.25, -0.2) is 0 Å². The van der Waals surface area contributed by atoms with Gasteiger partial charge in [0.1, 0.15) is 5.76 Å². The lowest BCUT2D eigenvalue weighted by atomic mass is 9.78. The number of rotatable bonds is 2. The highest BCUT2D eigenvalue weighted by atomic mass is 35.5. The van der Waals surface area contributed by atoms with Crippen LogP contribution in [0.5, 0.6) is 0 Å². The molecule has 2 heterocycles. The molecular weight excluding hydrogens is 266 g/mol. The molecule has 0 amide bonds. The normalized spacial score (nSPS) is 13.7. The van der Waals surface area contributed by atoms with Crippen molar-refractivity contribution in [3.05, 3.63) is 40.6 Å². The number of hydrogen-bond acceptors (Lipinski definition) is 4. The summed E-state index contributed by atoms with van der Waals surface area (Å²) in [7, 11) is -0.937. The molecule has 0 unspecified atom stereocenters. The van der Waals surface area contributed by atoms with Gasteiger partial charge in [0.2, 0.25) is 0 Å². The third-order valence-electron chi connectivity index (χ3n) is 3.11. The summed E-state index contributed by atoms with van der Waals surface area (Å²) in [6.07, 6.45) is 0. The number of carbonyl (C=O) groups excluding carboxylic acids is 1. The summed E-state index contributed by atoms with van der Waals surface area (Å²) < 4.78 is 10.6. The second-order valence-electron chi connectivity index (χ2n) is 4.41. The van der Waals surface area contributed by atoms with Crippen LogP contribution in [0.15, 0.2) is 28.7 Å². The van der Waals surface area contributed by atoms with Crippen LogP contribution in [0.4, 0.5) is 0 Å². The van der Waals surface area contributed by atoms with E-state index in [1.807, 2.05) is 0 Å². The molecule has 4 nitrogen and oxygen atoms in total. The Morgan fingerprint density at radius 3 is 2.89 bits per heavy atom. The molecule has 0 bridgehead atoms. The van der Waals surface area contributed by atoms with E-state index in [4.69, 9.17) is 20.7 Å². The highest BCUT2D eigenvalue weighted by molar-refractivity contribution is 6.61. The van der Waals surface area contributed by atoms with E-state index in [0.717, 1.165) is 5.56 Å². The van der Waals surface area contributed by atoms with Gasteiger partial charge in [-0.2, -0.15) is 0 Å². The van der Waals surface area contributed by atoms with E-state index in [2.05, 4.69) is 0 Å². The second-order valence-corrected chi connectivity index (χ2v) is 4.82. The molecule has 0 atom stereocenters. The van der Waals surface area contributed by atoms with Gasteiger partial charge in [0.15, 0.2) is 11.5 Å². The summed E-state index contributed by atoms with van der Waals surface area (Å²) in [4.78, 5) is 11.2. The standard InChI is InChI=1S/C13H10BClO4/c1-7(16)12-2-3-13(19-12)9-5-10-8(4-11(9)15)6-18-14(10)17/h2-5,17H,6H2,1H3. The van der Waals surface area contributed by atoms with E-state index in [1.54, 1.807) is 24.3 Å². The maximum atomic E-state index is 11.2. The van der Waals surface area contributed by atoms with Crippen molar-refractivity contribution in [2.24, 2.45) is 0 Å². The molecule has 19 heavy (non-hydrogen) atoms. The van der Waals surface area contributed by atoms with Gasteiger partial charge in [0.05, 0.1) is 11.6 Å². The number of carbonyl (C=O) groups is 1. The zero-order valence-corrected chi connectivity index (χ0v) is 10.9. The van der Waals surface area contributed by atoms with Gasteiger partial charge in [0, 0.05) is 12.5 Å². The Hall–Kier alpha value is -1.56. The maximum absolute atomic E-state index is 11.2. The Kier molecular flexibility index (Phi) is 2.97. The summed E-state index contributed by atoms with van der Waals surface area (Å²) in [6, 6.07) is 6.77. The summed E-state index contributed by atoms with van der Waals surface area (Å²) in [5.74, 6) is 0.632. The van der Waals surface area contributed by atoms with Crippen LogP contribution in [-0.2, 0) is 11.3 Å². The maximum Gasteiger partial charge on any atom is 0.491 e. The topological polar surface area (TPSA) is 59.7 Å². The van der Waals surface area contributed by atoms with Crippen molar-refractivity contribution in [2.45, 2.75) is 13.5 Å². The predicted octanol–water partition coefficient (Wildman–Crippen LogP) is 2.02. The van der Waals surface area contributed by atoms with Crippen molar-refractivity contribution < 1.29 is 18.9 Å². The van der Waals surface area contributed by atoms with E-state index >= 15 is 0 Å². The molecule has 6 heteroatoms. The molecule has 0 aliphatic carbocycles. The first-order valence-corrected chi connectivity index (χ1v) is 6.17. The zero-order valence-electron chi connectivity index (χ0n) is 10.1. The summed E-state index contributed by atoms with van der Waals surface area (Å²) in [5.41, 5.74) is 2.18. The largest absolute Gasteiger partial charge is 0.491 e. The molecule has 1 aliphatic rings. The molecule has 0 radical (unpaired) electrons. The van der Waals surface area contributed by atoms with Crippen LogP contribution in [0, 0.1) is 0 Å². The smallest absolute Gasteiger partial charge is 0.453 e. The fraction of sp³-hybridized carbons (Fsp3) is 0.154. The molecule has 2 aromatic rings. The molecule has 1 N–H and O–H groups in total. The van der Waals surface area contributed by atoms with Crippen LogP contribution in [0.25, 0.3) is 11.3 Å². The Bertz CT molecular complexity index is 665. The van der Waals surface area contributed by atoms with E-state index in [-0.39, 0.29) is 11.5 Å². The number of hydrogen-bond donors (Lipinski definition) is 1. The Balaban J connectivity index is 2.09. The fourth-order valence-corrected chi connectivity index (χ4v) is 2.38. The lowest BCUT2D eigenvalue weighted by Crippen LogP contribution is -2.28.